The van der Waals surface area contributed by atoms with Gasteiger partial charge < -0.3 is 19.9 Å². The van der Waals surface area contributed by atoms with Crippen LogP contribution in [0, 0.1) is 0 Å². The van der Waals surface area contributed by atoms with E-state index in [0.717, 1.165) is 5.56 Å². The smallest absolute Gasteiger partial charge is 0.161 e. The predicted molar refractivity (Wildman–Crippen MR) is 74.8 cm³/mol. The summed E-state index contributed by atoms with van der Waals surface area (Å²) in [6, 6.07) is 6.10. The largest absolute Gasteiger partial charge is 0.493 e. The van der Waals surface area contributed by atoms with Crippen molar-refractivity contribution in [2.75, 3.05) is 20.8 Å². The van der Waals surface area contributed by atoms with Crippen LogP contribution in [0.2, 0.25) is 0 Å². The summed E-state index contributed by atoms with van der Waals surface area (Å²) in [5.74, 6) is 1.34. The number of nitrogens with one attached hydrogen (secondary N) is 1. The summed E-state index contributed by atoms with van der Waals surface area (Å²) in [5, 5.41) is 13.6. The van der Waals surface area contributed by atoms with Crippen LogP contribution in [0.4, 0.5) is 0 Å². The fourth-order valence-corrected chi connectivity index (χ4v) is 2.59. The second kappa shape index (κ2) is 6.78. The molecule has 1 aromatic rings. The third-order valence-electron chi connectivity index (χ3n) is 3.75. The van der Waals surface area contributed by atoms with E-state index in [0.29, 0.717) is 24.1 Å². The van der Waals surface area contributed by atoms with Gasteiger partial charge in [-0.3, -0.25) is 0 Å². The van der Waals surface area contributed by atoms with Gasteiger partial charge in [0.25, 0.3) is 0 Å². The fraction of sp³-hybridized carbons (Fsp3) is 0.600. The van der Waals surface area contributed by atoms with Crippen molar-refractivity contribution in [3.8, 4) is 11.5 Å². The minimum Gasteiger partial charge on any atom is -0.493 e. The van der Waals surface area contributed by atoms with E-state index in [9.17, 15) is 5.11 Å². The molecule has 0 bridgehead atoms. The number of benzene rings is 1. The Morgan fingerprint density at radius 2 is 1.89 bits per heavy atom. The summed E-state index contributed by atoms with van der Waals surface area (Å²) in [4.78, 5) is 0. The molecule has 19 heavy (non-hydrogen) atoms. The van der Waals surface area contributed by atoms with Gasteiger partial charge in [-0.1, -0.05) is 18.9 Å². The number of rotatable bonds is 6. The Labute approximate surface area is 114 Å². The number of aliphatic hydroxyl groups is 1. The molecule has 1 fully saturated rings. The zero-order chi connectivity index (χ0) is 13.7. The first kappa shape index (κ1) is 14.2. The van der Waals surface area contributed by atoms with E-state index in [4.69, 9.17) is 9.47 Å². The number of aliphatic hydroxyl groups excluding tert-OH is 1. The van der Waals surface area contributed by atoms with Crippen molar-refractivity contribution in [2.45, 2.75) is 37.8 Å². The third-order valence-corrected chi connectivity index (χ3v) is 3.75. The minimum absolute atomic E-state index is 0.514. The topological polar surface area (TPSA) is 50.7 Å². The molecule has 2 N–H and O–H groups in total. The van der Waals surface area contributed by atoms with Crippen LogP contribution in [0.25, 0.3) is 0 Å². The molecule has 106 valence electrons. The van der Waals surface area contributed by atoms with E-state index in [1.54, 1.807) is 14.2 Å². The third kappa shape index (κ3) is 3.61. The molecule has 2 rings (SSSR count). The highest BCUT2D eigenvalue weighted by atomic mass is 16.5. The zero-order valence-corrected chi connectivity index (χ0v) is 11.7. The highest BCUT2D eigenvalue weighted by Gasteiger charge is 2.17. The minimum atomic E-state index is -0.514. The van der Waals surface area contributed by atoms with Crippen molar-refractivity contribution >= 4 is 0 Å². The number of hydrogen-bond acceptors (Lipinski definition) is 4. The molecule has 1 aliphatic rings. The van der Waals surface area contributed by atoms with Crippen LogP contribution in [-0.4, -0.2) is 31.9 Å². The highest BCUT2D eigenvalue weighted by molar-refractivity contribution is 5.43. The molecule has 0 saturated heterocycles. The normalized spacial score (nSPS) is 17.4. The Balaban J connectivity index is 1.95. The average molecular weight is 265 g/mol. The second-order valence-corrected chi connectivity index (χ2v) is 5.02. The van der Waals surface area contributed by atoms with Gasteiger partial charge in [0, 0.05) is 12.6 Å². The lowest BCUT2D eigenvalue weighted by Gasteiger charge is -2.17. The Morgan fingerprint density at radius 3 is 2.53 bits per heavy atom. The summed E-state index contributed by atoms with van der Waals surface area (Å²) in [6.07, 6.45) is 4.52. The SMILES string of the molecule is COc1ccc(C(O)CNC2CCCC2)cc1OC. The lowest BCUT2D eigenvalue weighted by Crippen LogP contribution is -2.30. The van der Waals surface area contributed by atoms with Gasteiger partial charge in [0.05, 0.1) is 20.3 Å². The average Bonchev–Trinajstić information content (AvgIpc) is 2.97. The van der Waals surface area contributed by atoms with E-state index in [2.05, 4.69) is 5.32 Å². The van der Waals surface area contributed by atoms with Crippen LogP contribution in [0.1, 0.15) is 37.4 Å². The molecule has 1 aromatic carbocycles. The van der Waals surface area contributed by atoms with E-state index < -0.39 is 6.10 Å². The molecule has 1 aliphatic carbocycles. The molecule has 1 unspecified atom stereocenters. The Bertz CT molecular complexity index is 402. The van der Waals surface area contributed by atoms with Gasteiger partial charge in [-0.2, -0.15) is 0 Å². The summed E-state index contributed by atoms with van der Waals surface area (Å²) >= 11 is 0. The van der Waals surface area contributed by atoms with Gasteiger partial charge in [0.1, 0.15) is 0 Å². The van der Waals surface area contributed by atoms with Crippen LogP contribution in [0.3, 0.4) is 0 Å². The van der Waals surface area contributed by atoms with Crippen molar-refractivity contribution in [1.29, 1.82) is 0 Å². The van der Waals surface area contributed by atoms with Crippen molar-refractivity contribution in [3.05, 3.63) is 23.8 Å². The van der Waals surface area contributed by atoms with Gasteiger partial charge >= 0.3 is 0 Å². The van der Waals surface area contributed by atoms with E-state index in [1.807, 2.05) is 18.2 Å². The summed E-state index contributed by atoms with van der Waals surface area (Å²) < 4.78 is 10.4. The maximum absolute atomic E-state index is 10.2. The monoisotopic (exact) mass is 265 g/mol. The predicted octanol–water partition coefficient (Wildman–Crippen LogP) is 2.27. The Morgan fingerprint density at radius 1 is 1.21 bits per heavy atom. The van der Waals surface area contributed by atoms with Gasteiger partial charge in [0.2, 0.25) is 0 Å². The first-order chi connectivity index (χ1) is 9.24. The molecule has 0 heterocycles. The summed E-state index contributed by atoms with van der Waals surface area (Å²) in [6.45, 7) is 0.583. The zero-order valence-electron chi connectivity index (χ0n) is 11.7. The molecule has 1 atom stereocenters. The summed E-state index contributed by atoms with van der Waals surface area (Å²) in [7, 11) is 3.21. The standard InChI is InChI=1S/C15H23NO3/c1-18-14-8-7-11(9-15(14)19-2)13(17)10-16-12-5-3-4-6-12/h7-9,12-13,16-17H,3-6,10H2,1-2H3. The Hall–Kier alpha value is -1.26. The number of hydrogen-bond donors (Lipinski definition) is 2. The van der Waals surface area contributed by atoms with Crippen molar-refractivity contribution in [3.63, 3.8) is 0 Å². The maximum atomic E-state index is 10.2. The lowest BCUT2D eigenvalue weighted by atomic mass is 10.1. The van der Waals surface area contributed by atoms with Crippen molar-refractivity contribution < 1.29 is 14.6 Å². The lowest BCUT2D eigenvalue weighted by molar-refractivity contribution is 0.169. The van der Waals surface area contributed by atoms with Gasteiger partial charge in [-0.25, -0.2) is 0 Å². The maximum Gasteiger partial charge on any atom is 0.161 e. The van der Waals surface area contributed by atoms with Crippen molar-refractivity contribution in [2.24, 2.45) is 0 Å². The molecule has 0 aromatic heterocycles. The molecule has 0 spiro atoms. The van der Waals surface area contributed by atoms with E-state index in [-0.39, 0.29) is 0 Å². The Kier molecular flexibility index (Phi) is 5.05. The quantitative estimate of drug-likeness (QED) is 0.828. The van der Waals surface area contributed by atoms with Crippen LogP contribution in [0.15, 0.2) is 18.2 Å². The van der Waals surface area contributed by atoms with Crippen molar-refractivity contribution in [1.82, 2.24) is 5.32 Å². The molecule has 0 radical (unpaired) electrons. The van der Waals surface area contributed by atoms with E-state index >= 15 is 0 Å². The first-order valence-corrected chi connectivity index (χ1v) is 6.88. The van der Waals surface area contributed by atoms with Gasteiger partial charge in [-0.15, -0.1) is 0 Å². The van der Waals surface area contributed by atoms with Gasteiger partial charge in [0.15, 0.2) is 11.5 Å². The summed E-state index contributed by atoms with van der Waals surface area (Å²) in [5.41, 5.74) is 0.850. The molecule has 0 amide bonds. The van der Waals surface area contributed by atoms with Crippen LogP contribution in [0.5, 0.6) is 11.5 Å². The molecule has 4 heteroatoms. The molecular weight excluding hydrogens is 242 g/mol. The number of methoxy groups -OCH3 is 2. The first-order valence-electron chi connectivity index (χ1n) is 6.88. The second-order valence-electron chi connectivity index (χ2n) is 5.02. The molecular formula is C15H23NO3. The molecule has 0 aliphatic heterocycles. The van der Waals surface area contributed by atoms with Crippen LogP contribution >= 0.6 is 0 Å². The molecule has 1 saturated carbocycles. The van der Waals surface area contributed by atoms with Crippen LogP contribution in [-0.2, 0) is 0 Å². The fourth-order valence-electron chi connectivity index (χ4n) is 2.59. The van der Waals surface area contributed by atoms with Crippen LogP contribution < -0.4 is 14.8 Å². The molecule has 4 nitrogen and oxygen atoms in total. The highest BCUT2D eigenvalue weighted by Crippen LogP contribution is 2.30. The number of ether oxygens (including phenoxy) is 2. The van der Waals surface area contributed by atoms with E-state index in [1.165, 1.54) is 25.7 Å². The van der Waals surface area contributed by atoms with Gasteiger partial charge in [-0.05, 0) is 30.5 Å².